The van der Waals surface area contributed by atoms with Crippen LogP contribution in [0.1, 0.15) is 25.8 Å². The highest BCUT2D eigenvalue weighted by molar-refractivity contribution is 6.32. The molecule has 6 heteroatoms. The van der Waals surface area contributed by atoms with Crippen molar-refractivity contribution in [1.82, 2.24) is 4.98 Å². The van der Waals surface area contributed by atoms with Crippen LogP contribution in [-0.2, 0) is 16.0 Å². The molecule has 2 amide bonds. The van der Waals surface area contributed by atoms with Crippen molar-refractivity contribution in [3.8, 4) is 0 Å². The number of rotatable bonds is 5. The average Bonchev–Trinajstić information content (AvgIpc) is 2.91. The number of halogens is 1. The molecule has 25 heavy (non-hydrogen) atoms. The Morgan fingerprint density at radius 2 is 2.08 bits per heavy atom. The van der Waals surface area contributed by atoms with E-state index in [0.29, 0.717) is 17.3 Å². The van der Waals surface area contributed by atoms with Crippen LogP contribution in [0.15, 0.2) is 42.6 Å². The molecule has 0 saturated heterocycles. The summed E-state index contributed by atoms with van der Waals surface area (Å²) in [6.07, 6.45) is 2.39. The summed E-state index contributed by atoms with van der Waals surface area (Å²) in [4.78, 5) is 31.2. The fourth-order valence-electron chi connectivity index (χ4n) is 3.08. The Bertz CT molecular complexity index is 793. The number of carbonyl (C=O) groups is 2. The fourth-order valence-corrected chi connectivity index (χ4v) is 3.32. The summed E-state index contributed by atoms with van der Waals surface area (Å²) >= 11 is 6.23. The molecular formula is C19H20ClN3O2. The first kappa shape index (κ1) is 17.4. The summed E-state index contributed by atoms with van der Waals surface area (Å²) in [5.41, 5.74) is 1.51. The van der Waals surface area contributed by atoms with Crippen molar-refractivity contribution in [2.75, 3.05) is 10.2 Å². The van der Waals surface area contributed by atoms with Crippen LogP contribution in [-0.4, -0.2) is 22.8 Å². The van der Waals surface area contributed by atoms with Gasteiger partial charge in [-0.1, -0.05) is 37.6 Å². The molecule has 3 rings (SSSR count). The molecule has 1 aromatic heterocycles. The predicted molar refractivity (Wildman–Crippen MR) is 98.8 cm³/mol. The molecule has 2 aromatic rings. The summed E-state index contributed by atoms with van der Waals surface area (Å²) in [5.74, 6) is 0.369. The number of hydrogen-bond acceptors (Lipinski definition) is 3. The molecule has 1 atom stereocenters. The van der Waals surface area contributed by atoms with E-state index in [2.05, 4.69) is 10.3 Å². The van der Waals surface area contributed by atoms with Gasteiger partial charge in [-0.2, -0.15) is 0 Å². The van der Waals surface area contributed by atoms with Gasteiger partial charge in [-0.25, -0.2) is 4.98 Å². The summed E-state index contributed by atoms with van der Waals surface area (Å²) in [6, 6.07) is 10.1. The van der Waals surface area contributed by atoms with E-state index in [0.717, 1.165) is 11.3 Å². The van der Waals surface area contributed by atoms with Crippen LogP contribution in [0.2, 0.25) is 5.02 Å². The maximum Gasteiger partial charge on any atom is 0.248 e. The van der Waals surface area contributed by atoms with E-state index in [1.165, 1.54) is 0 Å². The summed E-state index contributed by atoms with van der Waals surface area (Å²) < 4.78 is 0. The maximum absolute atomic E-state index is 12.9. The van der Waals surface area contributed by atoms with Crippen molar-refractivity contribution in [3.63, 3.8) is 0 Å². The molecule has 0 spiro atoms. The number of benzene rings is 1. The third kappa shape index (κ3) is 3.66. The van der Waals surface area contributed by atoms with Gasteiger partial charge in [-0.3, -0.25) is 14.5 Å². The number of amides is 2. The van der Waals surface area contributed by atoms with Crippen LogP contribution in [0.4, 0.5) is 11.5 Å². The van der Waals surface area contributed by atoms with Crippen molar-refractivity contribution in [3.05, 3.63) is 53.2 Å². The van der Waals surface area contributed by atoms with Crippen LogP contribution in [0.3, 0.4) is 0 Å². The molecule has 0 fully saturated rings. The van der Waals surface area contributed by atoms with E-state index < -0.39 is 6.04 Å². The molecule has 1 unspecified atom stereocenters. The Kier molecular flexibility index (Phi) is 5.04. The zero-order chi connectivity index (χ0) is 18.0. The first-order valence-electron chi connectivity index (χ1n) is 8.28. The topological polar surface area (TPSA) is 62.3 Å². The van der Waals surface area contributed by atoms with E-state index in [1.807, 2.05) is 19.9 Å². The van der Waals surface area contributed by atoms with E-state index in [9.17, 15) is 9.59 Å². The van der Waals surface area contributed by atoms with E-state index in [4.69, 9.17) is 11.6 Å². The second-order valence-electron chi connectivity index (χ2n) is 6.53. The van der Waals surface area contributed by atoms with Crippen molar-refractivity contribution >= 4 is 34.9 Å². The highest BCUT2D eigenvalue weighted by Crippen LogP contribution is 2.36. The second kappa shape index (κ2) is 7.23. The summed E-state index contributed by atoms with van der Waals surface area (Å²) in [7, 11) is 0. The monoisotopic (exact) mass is 357 g/mol. The Hall–Kier alpha value is -2.40. The summed E-state index contributed by atoms with van der Waals surface area (Å²) in [6.45, 7) is 4.06. The Morgan fingerprint density at radius 3 is 2.76 bits per heavy atom. The Labute approximate surface area is 152 Å². The lowest BCUT2D eigenvalue weighted by molar-refractivity contribution is -0.123. The van der Waals surface area contributed by atoms with Crippen LogP contribution >= 0.6 is 11.6 Å². The molecule has 0 aliphatic carbocycles. The fraction of sp³-hybridized carbons (Fsp3) is 0.316. The molecule has 5 nitrogen and oxygen atoms in total. The van der Waals surface area contributed by atoms with Gasteiger partial charge in [0, 0.05) is 22.5 Å². The first-order chi connectivity index (χ1) is 12.0. The molecule has 1 aliphatic heterocycles. The van der Waals surface area contributed by atoms with Gasteiger partial charge in [0.2, 0.25) is 11.8 Å². The lowest BCUT2D eigenvalue weighted by atomic mass is 10.0. The molecule has 1 aromatic carbocycles. The van der Waals surface area contributed by atoms with Gasteiger partial charge in [0.05, 0.1) is 6.42 Å². The molecule has 2 heterocycles. The average molecular weight is 358 g/mol. The zero-order valence-electron chi connectivity index (χ0n) is 14.2. The van der Waals surface area contributed by atoms with Gasteiger partial charge in [0.25, 0.3) is 0 Å². The molecule has 1 aliphatic rings. The van der Waals surface area contributed by atoms with Gasteiger partial charge >= 0.3 is 0 Å². The lowest BCUT2D eigenvalue weighted by Crippen LogP contribution is -2.46. The normalized spacial score (nSPS) is 14.6. The number of fused-ring (bicyclic) bond motifs is 1. The lowest BCUT2D eigenvalue weighted by Gasteiger charge is -2.29. The van der Waals surface area contributed by atoms with Crippen molar-refractivity contribution < 1.29 is 9.59 Å². The number of pyridine rings is 1. The van der Waals surface area contributed by atoms with Crippen molar-refractivity contribution in [1.29, 1.82) is 0 Å². The number of aromatic nitrogens is 1. The minimum Gasteiger partial charge on any atom is -0.309 e. The largest absolute Gasteiger partial charge is 0.309 e. The SMILES string of the molecule is CC(C)CC(C(=O)Nc1ccccn1)N1C(=O)Cc2c(Cl)cccc21. The highest BCUT2D eigenvalue weighted by Gasteiger charge is 2.38. The van der Waals surface area contributed by atoms with Gasteiger partial charge in [-0.05, 0) is 36.6 Å². The highest BCUT2D eigenvalue weighted by atomic mass is 35.5. The Morgan fingerprint density at radius 1 is 1.28 bits per heavy atom. The number of nitrogens with one attached hydrogen (secondary N) is 1. The smallest absolute Gasteiger partial charge is 0.248 e. The van der Waals surface area contributed by atoms with Gasteiger partial charge < -0.3 is 5.32 Å². The van der Waals surface area contributed by atoms with E-state index in [1.54, 1.807) is 41.4 Å². The standard InChI is InChI=1S/C19H20ClN3O2/c1-12(2)10-16(19(25)22-17-8-3-4-9-21-17)23-15-7-5-6-14(20)13(15)11-18(23)24/h3-9,12,16H,10-11H2,1-2H3,(H,21,22,25). The zero-order valence-corrected chi connectivity index (χ0v) is 15.0. The molecule has 0 bridgehead atoms. The van der Waals surface area contributed by atoms with Crippen LogP contribution < -0.4 is 10.2 Å². The molecule has 0 radical (unpaired) electrons. The Balaban J connectivity index is 1.92. The molecule has 1 N–H and O–H groups in total. The van der Waals surface area contributed by atoms with Crippen molar-refractivity contribution in [2.24, 2.45) is 5.92 Å². The van der Waals surface area contributed by atoms with Crippen LogP contribution in [0, 0.1) is 5.92 Å². The maximum atomic E-state index is 12.9. The van der Waals surface area contributed by atoms with Crippen LogP contribution in [0.25, 0.3) is 0 Å². The second-order valence-corrected chi connectivity index (χ2v) is 6.93. The van der Waals surface area contributed by atoms with E-state index >= 15 is 0 Å². The third-order valence-corrected chi connectivity index (χ3v) is 4.53. The van der Waals surface area contributed by atoms with Crippen LogP contribution in [0.5, 0.6) is 0 Å². The minimum atomic E-state index is -0.603. The number of anilines is 2. The molecule has 0 saturated carbocycles. The van der Waals surface area contributed by atoms with Gasteiger partial charge in [0.15, 0.2) is 0 Å². The van der Waals surface area contributed by atoms with Gasteiger partial charge in [-0.15, -0.1) is 0 Å². The number of nitrogens with zero attached hydrogens (tertiary/aromatic N) is 2. The molecule has 130 valence electrons. The summed E-state index contributed by atoms with van der Waals surface area (Å²) in [5, 5.41) is 3.37. The quantitative estimate of drug-likeness (QED) is 0.887. The number of carbonyl (C=O) groups excluding carboxylic acids is 2. The van der Waals surface area contributed by atoms with Crippen molar-refractivity contribution in [2.45, 2.75) is 32.7 Å². The first-order valence-corrected chi connectivity index (χ1v) is 8.66. The number of hydrogen-bond donors (Lipinski definition) is 1. The predicted octanol–water partition coefficient (Wildman–Crippen LogP) is 3.68. The minimum absolute atomic E-state index is 0.107. The third-order valence-electron chi connectivity index (χ3n) is 4.18. The molecular weight excluding hydrogens is 338 g/mol. The van der Waals surface area contributed by atoms with Gasteiger partial charge in [0.1, 0.15) is 11.9 Å². The van der Waals surface area contributed by atoms with E-state index in [-0.39, 0.29) is 24.2 Å².